The van der Waals surface area contributed by atoms with E-state index in [2.05, 4.69) is 14.8 Å². The molecule has 5 rings (SSSR count). The summed E-state index contributed by atoms with van der Waals surface area (Å²) in [7, 11) is -3.01. The van der Waals surface area contributed by atoms with Crippen LogP contribution in [0.1, 0.15) is 29.9 Å². The summed E-state index contributed by atoms with van der Waals surface area (Å²) in [4.78, 5) is 17.2. The predicted molar refractivity (Wildman–Crippen MR) is 134 cm³/mol. The smallest absolute Gasteiger partial charge is 0.283 e. The molecule has 0 unspecified atom stereocenters. The Labute approximate surface area is 212 Å². The number of pyridine rings is 1. The van der Waals surface area contributed by atoms with E-state index in [9.17, 15) is 13.2 Å². The van der Waals surface area contributed by atoms with Crippen molar-refractivity contribution < 1.29 is 22.7 Å². The van der Waals surface area contributed by atoms with E-state index in [4.69, 9.17) is 26.8 Å². The molecular weight excluding hydrogens is 506 g/mol. The molecule has 4 aromatic rings. The number of methoxy groups -OCH3 is 1. The number of hydrogen-bond acceptors (Lipinski definition) is 8. The monoisotopic (exact) mass is 527 g/mol. The highest BCUT2D eigenvalue weighted by atomic mass is 35.5. The Bertz CT molecular complexity index is 1630. The standard InChI is InChI=1S/C24H22ClN5O5S/c1-24(2)11-13-7-10-19(34-3)21(20(13)35-24)36(32,33)29-23(31)17-9-8-14-16(27-17)5-4-6-18(14)30-12-15(26)22(25)28-30/h4-10,12H,11,26H2,1-3H3,(H,29,31). The third-order valence-corrected chi connectivity index (χ3v) is 7.42. The third kappa shape index (κ3) is 4.10. The molecule has 0 saturated carbocycles. The zero-order chi connectivity index (χ0) is 25.8. The number of aromatic nitrogens is 3. The van der Waals surface area contributed by atoms with E-state index in [1.807, 2.05) is 13.8 Å². The Morgan fingerprint density at radius 2 is 2.00 bits per heavy atom. The Balaban J connectivity index is 1.50. The number of nitrogen functional groups attached to an aromatic ring is 1. The second-order valence-electron chi connectivity index (χ2n) is 8.92. The molecule has 3 heterocycles. The van der Waals surface area contributed by atoms with Crippen molar-refractivity contribution in [3.8, 4) is 17.2 Å². The number of sulfonamides is 1. The molecule has 2 aromatic carbocycles. The number of carbonyl (C=O) groups is 1. The van der Waals surface area contributed by atoms with Crippen molar-refractivity contribution in [3.05, 3.63) is 65.1 Å². The molecule has 1 amide bonds. The van der Waals surface area contributed by atoms with Crippen LogP contribution in [-0.4, -0.2) is 41.8 Å². The van der Waals surface area contributed by atoms with Crippen LogP contribution in [-0.2, 0) is 16.4 Å². The van der Waals surface area contributed by atoms with Crippen LogP contribution in [0.5, 0.6) is 11.5 Å². The highest BCUT2D eigenvalue weighted by Gasteiger charge is 2.38. The lowest BCUT2D eigenvalue weighted by Crippen LogP contribution is -2.32. The van der Waals surface area contributed by atoms with E-state index in [1.165, 1.54) is 17.9 Å². The number of halogens is 1. The number of nitrogens with one attached hydrogen (secondary N) is 1. The van der Waals surface area contributed by atoms with Gasteiger partial charge in [0.1, 0.15) is 22.8 Å². The lowest BCUT2D eigenvalue weighted by molar-refractivity contribution is 0.0977. The molecule has 0 aliphatic carbocycles. The summed E-state index contributed by atoms with van der Waals surface area (Å²) in [5, 5.41) is 5.00. The van der Waals surface area contributed by atoms with Crippen molar-refractivity contribution in [2.24, 2.45) is 0 Å². The fourth-order valence-electron chi connectivity index (χ4n) is 4.20. The average Bonchev–Trinajstić information content (AvgIpc) is 3.33. The molecule has 1 aliphatic rings. The first-order valence-electron chi connectivity index (χ1n) is 10.9. The van der Waals surface area contributed by atoms with Gasteiger partial charge in [-0.3, -0.25) is 4.79 Å². The molecule has 0 fully saturated rings. The first-order valence-corrected chi connectivity index (χ1v) is 12.7. The van der Waals surface area contributed by atoms with Gasteiger partial charge in [0, 0.05) is 11.8 Å². The normalized spacial score (nSPS) is 14.3. The Hall–Kier alpha value is -3.83. The molecule has 1 aliphatic heterocycles. The van der Waals surface area contributed by atoms with Crippen LogP contribution in [0.15, 0.2) is 53.6 Å². The lowest BCUT2D eigenvalue weighted by Gasteiger charge is -2.19. The van der Waals surface area contributed by atoms with Gasteiger partial charge in [0.25, 0.3) is 15.9 Å². The lowest BCUT2D eigenvalue weighted by atomic mass is 10.0. The van der Waals surface area contributed by atoms with Crippen LogP contribution in [0.25, 0.3) is 16.6 Å². The second-order valence-corrected chi connectivity index (χ2v) is 10.9. The van der Waals surface area contributed by atoms with Gasteiger partial charge in [-0.15, -0.1) is 0 Å². The fraction of sp³-hybridized carbons (Fsp3) is 0.208. The molecule has 186 valence electrons. The molecule has 0 radical (unpaired) electrons. The number of rotatable bonds is 5. The van der Waals surface area contributed by atoms with E-state index >= 15 is 0 Å². The molecule has 0 bridgehead atoms. The topological polar surface area (TPSA) is 138 Å². The highest BCUT2D eigenvalue weighted by Crippen LogP contribution is 2.44. The molecule has 2 aromatic heterocycles. The summed E-state index contributed by atoms with van der Waals surface area (Å²) in [5.41, 5.74) is 7.24. The van der Waals surface area contributed by atoms with Crippen molar-refractivity contribution in [2.45, 2.75) is 30.8 Å². The first-order chi connectivity index (χ1) is 17.0. The fourth-order valence-corrected chi connectivity index (χ4v) is 5.62. The van der Waals surface area contributed by atoms with Gasteiger partial charge in [-0.2, -0.15) is 5.10 Å². The third-order valence-electron chi connectivity index (χ3n) is 5.75. The molecule has 0 spiro atoms. The minimum atomic E-state index is -4.36. The quantitative estimate of drug-likeness (QED) is 0.402. The summed E-state index contributed by atoms with van der Waals surface area (Å²) in [6, 6.07) is 11.6. The van der Waals surface area contributed by atoms with Gasteiger partial charge in [0.05, 0.1) is 30.2 Å². The predicted octanol–water partition coefficient (Wildman–Crippen LogP) is 3.50. The van der Waals surface area contributed by atoms with E-state index in [0.717, 1.165) is 0 Å². The summed E-state index contributed by atoms with van der Waals surface area (Å²) in [5.74, 6) is -0.654. The molecule has 3 N–H and O–H groups in total. The van der Waals surface area contributed by atoms with Gasteiger partial charge in [0.15, 0.2) is 10.0 Å². The van der Waals surface area contributed by atoms with E-state index in [-0.39, 0.29) is 27.2 Å². The minimum Gasteiger partial charge on any atom is -0.495 e. The largest absolute Gasteiger partial charge is 0.495 e. The number of nitrogens with zero attached hydrogens (tertiary/aromatic N) is 3. The van der Waals surface area contributed by atoms with Crippen LogP contribution >= 0.6 is 11.6 Å². The van der Waals surface area contributed by atoms with E-state index in [0.29, 0.717) is 34.3 Å². The average molecular weight is 528 g/mol. The van der Waals surface area contributed by atoms with Crippen molar-refractivity contribution in [3.63, 3.8) is 0 Å². The summed E-state index contributed by atoms with van der Waals surface area (Å²) in [6.07, 6.45) is 2.09. The zero-order valence-corrected chi connectivity index (χ0v) is 21.1. The molecule has 12 heteroatoms. The van der Waals surface area contributed by atoms with E-state index in [1.54, 1.807) is 42.6 Å². The van der Waals surface area contributed by atoms with Crippen molar-refractivity contribution in [1.29, 1.82) is 0 Å². The van der Waals surface area contributed by atoms with Gasteiger partial charge in [-0.1, -0.05) is 23.7 Å². The van der Waals surface area contributed by atoms with Crippen LogP contribution in [0.3, 0.4) is 0 Å². The van der Waals surface area contributed by atoms with Crippen LogP contribution < -0.4 is 19.9 Å². The zero-order valence-electron chi connectivity index (χ0n) is 19.6. The van der Waals surface area contributed by atoms with Crippen molar-refractivity contribution in [1.82, 2.24) is 19.5 Å². The molecule has 0 atom stereocenters. The molecule has 0 saturated heterocycles. The van der Waals surface area contributed by atoms with Gasteiger partial charge in [-0.25, -0.2) is 22.8 Å². The minimum absolute atomic E-state index is 0.0695. The maximum Gasteiger partial charge on any atom is 0.283 e. The molecular formula is C24H22ClN5O5S. The Kier molecular flexibility index (Phi) is 5.56. The number of nitrogens with two attached hydrogens (primary N) is 1. The number of ether oxygens (including phenoxy) is 2. The number of carbonyl (C=O) groups excluding carboxylic acids is 1. The number of hydrogen-bond donors (Lipinski definition) is 2. The first kappa shape index (κ1) is 23.9. The summed E-state index contributed by atoms with van der Waals surface area (Å²) < 4.78 is 41.5. The van der Waals surface area contributed by atoms with Crippen LogP contribution in [0.2, 0.25) is 5.15 Å². The number of anilines is 1. The Morgan fingerprint density at radius 3 is 2.69 bits per heavy atom. The van der Waals surface area contributed by atoms with Crippen LogP contribution in [0, 0.1) is 0 Å². The van der Waals surface area contributed by atoms with E-state index < -0.39 is 21.5 Å². The number of fused-ring (bicyclic) bond motifs is 2. The number of benzene rings is 2. The van der Waals surface area contributed by atoms with Gasteiger partial charge < -0.3 is 15.2 Å². The van der Waals surface area contributed by atoms with Crippen molar-refractivity contribution in [2.75, 3.05) is 12.8 Å². The highest BCUT2D eigenvalue weighted by molar-refractivity contribution is 7.90. The summed E-state index contributed by atoms with van der Waals surface area (Å²) in [6.45, 7) is 3.71. The van der Waals surface area contributed by atoms with Gasteiger partial charge in [0.2, 0.25) is 0 Å². The van der Waals surface area contributed by atoms with Crippen LogP contribution in [0.4, 0.5) is 5.69 Å². The SMILES string of the molecule is COc1ccc2c(c1S(=O)(=O)NC(=O)c1ccc3c(-n4cc(N)c(Cl)n4)cccc3n1)OC(C)(C)C2. The maximum absolute atomic E-state index is 13.3. The summed E-state index contributed by atoms with van der Waals surface area (Å²) >= 11 is 5.98. The Morgan fingerprint density at radius 1 is 1.22 bits per heavy atom. The number of amides is 1. The molecule has 36 heavy (non-hydrogen) atoms. The van der Waals surface area contributed by atoms with Crippen molar-refractivity contribution >= 4 is 44.1 Å². The second kappa shape index (κ2) is 8.38. The maximum atomic E-state index is 13.3. The van der Waals surface area contributed by atoms with Gasteiger partial charge >= 0.3 is 0 Å². The van der Waals surface area contributed by atoms with Gasteiger partial charge in [-0.05, 0) is 49.7 Å². The molecule has 10 nitrogen and oxygen atoms in total.